The van der Waals surface area contributed by atoms with Gasteiger partial charge in [-0.1, -0.05) is 158 Å². The van der Waals surface area contributed by atoms with Crippen LogP contribution in [0.2, 0.25) is 0 Å². The van der Waals surface area contributed by atoms with Gasteiger partial charge in [0.1, 0.15) is 0 Å². The van der Waals surface area contributed by atoms with E-state index in [1.165, 1.54) is 66.3 Å². The molecule has 0 aliphatic heterocycles. The number of hydrogen-bond acceptors (Lipinski definition) is 1. The van der Waals surface area contributed by atoms with E-state index in [-0.39, 0.29) is 0 Å². The van der Waals surface area contributed by atoms with E-state index in [4.69, 9.17) is 0 Å². The molecule has 10 rings (SSSR count). The molecule has 2 nitrogen and oxygen atoms in total. The first-order valence-corrected chi connectivity index (χ1v) is 19.2. The first kappa shape index (κ1) is 33.2. The van der Waals surface area contributed by atoms with Gasteiger partial charge in [0.05, 0.1) is 11.0 Å². The van der Waals surface area contributed by atoms with Crippen LogP contribution in [0, 0.1) is 0 Å². The second-order valence-electron chi connectivity index (χ2n) is 14.2. The highest BCUT2D eigenvalue weighted by molar-refractivity contribution is 6.10. The Morgan fingerprint density at radius 2 is 0.643 bits per heavy atom. The van der Waals surface area contributed by atoms with Crippen LogP contribution in [0.5, 0.6) is 0 Å². The summed E-state index contributed by atoms with van der Waals surface area (Å²) in [5, 5.41) is 2.47. The Hall–Kier alpha value is -7.42. The molecule has 1 aromatic heterocycles. The molecule has 0 fully saturated rings. The van der Waals surface area contributed by atoms with Gasteiger partial charge in [-0.3, -0.25) is 0 Å². The summed E-state index contributed by atoms with van der Waals surface area (Å²) in [6.45, 7) is 0. The second kappa shape index (κ2) is 14.4. The maximum absolute atomic E-state index is 2.43. The lowest BCUT2D eigenvalue weighted by molar-refractivity contribution is 1.18. The summed E-state index contributed by atoms with van der Waals surface area (Å²) in [7, 11) is 0. The summed E-state index contributed by atoms with van der Waals surface area (Å²) >= 11 is 0. The normalized spacial score (nSPS) is 11.2. The molecule has 0 aliphatic rings. The summed E-state index contributed by atoms with van der Waals surface area (Å²) in [4.78, 5) is 2.30. The van der Waals surface area contributed by atoms with Crippen molar-refractivity contribution in [1.82, 2.24) is 4.57 Å². The van der Waals surface area contributed by atoms with E-state index in [9.17, 15) is 0 Å². The molecule has 0 atom stereocenters. The van der Waals surface area contributed by atoms with Gasteiger partial charge in [-0.05, 0) is 117 Å². The fourth-order valence-corrected chi connectivity index (χ4v) is 8.02. The van der Waals surface area contributed by atoms with E-state index in [0.717, 1.165) is 22.7 Å². The monoisotopic (exact) mass is 714 g/mol. The van der Waals surface area contributed by atoms with E-state index in [1.807, 2.05) is 0 Å². The van der Waals surface area contributed by atoms with Crippen LogP contribution >= 0.6 is 0 Å². The molecule has 0 N–H and O–H groups in total. The largest absolute Gasteiger partial charge is 0.311 e. The third kappa shape index (κ3) is 6.24. The van der Waals surface area contributed by atoms with E-state index in [1.54, 1.807) is 0 Å². The molecule has 2 heteroatoms. The molecular formula is C54H38N2. The fraction of sp³-hybridized carbons (Fsp3) is 0. The lowest BCUT2D eigenvalue weighted by atomic mass is 9.96. The van der Waals surface area contributed by atoms with Crippen molar-refractivity contribution < 1.29 is 0 Å². The summed E-state index contributed by atoms with van der Waals surface area (Å²) in [5.41, 5.74) is 16.4. The Kier molecular flexibility index (Phi) is 8.55. The number of nitrogens with zero attached hydrogens (tertiary/aromatic N) is 2. The van der Waals surface area contributed by atoms with Crippen molar-refractivity contribution in [2.75, 3.05) is 4.90 Å². The predicted octanol–water partition coefficient (Wildman–Crippen LogP) is 14.9. The number of hydrogen-bond donors (Lipinski definition) is 0. The summed E-state index contributed by atoms with van der Waals surface area (Å²) in [6.07, 6.45) is 0. The van der Waals surface area contributed by atoms with E-state index >= 15 is 0 Å². The minimum Gasteiger partial charge on any atom is -0.311 e. The number of para-hydroxylation sites is 3. The molecule has 0 bridgehead atoms. The molecule has 0 amide bonds. The smallest absolute Gasteiger partial charge is 0.0541 e. The fourth-order valence-electron chi connectivity index (χ4n) is 8.02. The summed E-state index contributed by atoms with van der Waals surface area (Å²) in [6, 6.07) is 83.0. The van der Waals surface area contributed by atoms with Gasteiger partial charge >= 0.3 is 0 Å². The number of aromatic nitrogens is 1. The zero-order valence-electron chi connectivity index (χ0n) is 30.8. The number of fused-ring (bicyclic) bond motifs is 3. The molecule has 264 valence electrons. The Bertz CT molecular complexity index is 2870. The number of rotatable bonds is 8. The number of anilines is 3. The van der Waals surface area contributed by atoms with Crippen LogP contribution in [0.3, 0.4) is 0 Å². The third-order valence-corrected chi connectivity index (χ3v) is 10.8. The second-order valence-corrected chi connectivity index (χ2v) is 14.2. The zero-order valence-corrected chi connectivity index (χ0v) is 30.8. The lowest BCUT2D eigenvalue weighted by Gasteiger charge is -2.25. The SMILES string of the molecule is c1ccc(-c2ccc(-c3cc(-c4ccccc4)cc(-n4c5ccccc5c5cc(-c6ccc(N(c7ccccc7)c7ccccc7)cc6)ccc54)c3)cc2)cc1. The van der Waals surface area contributed by atoms with Crippen LogP contribution in [-0.2, 0) is 0 Å². The highest BCUT2D eigenvalue weighted by atomic mass is 15.1. The van der Waals surface area contributed by atoms with Crippen LogP contribution in [-0.4, -0.2) is 4.57 Å². The predicted molar refractivity (Wildman–Crippen MR) is 237 cm³/mol. The first-order chi connectivity index (χ1) is 27.8. The Balaban J connectivity index is 1.07. The zero-order chi connectivity index (χ0) is 37.3. The standard InChI is InChI=1S/C54H38N2/c1-5-15-39(16-6-1)41-25-27-43(28-26-41)46-35-45(40-17-7-2-8-18-40)36-50(37-46)56-53-24-14-13-23-51(53)52-38-44(31-34-54(52)56)42-29-32-49(33-30-42)55(47-19-9-3-10-20-47)48-21-11-4-12-22-48/h1-38H. The van der Waals surface area contributed by atoms with Gasteiger partial charge < -0.3 is 9.47 Å². The summed E-state index contributed by atoms with van der Waals surface area (Å²) < 4.78 is 2.43. The molecule has 56 heavy (non-hydrogen) atoms. The van der Waals surface area contributed by atoms with Crippen LogP contribution in [0.4, 0.5) is 17.1 Å². The van der Waals surface area contributed by atoms with Gasteiger partial charge in [0.15, 0.2) is 0 Å². The molecule has 0 unspecified atom stereocenters. The highest BCUT2D eigenvalue weighted by Gasteiger charge is 2.17. The molecule has 0 saturated heterocycles. The molecular weight excluding hydrogens is 677 g/mol. The molecule has 0 spiro atoms. The third-order valence-electron chi connectivity index (χ3n) is 10.8. The van der Waals surface area contributed by atoms with E-state index < -0.39 is 0 Å². The minimum atomic E-state index is 1.12. The maximum Gasteiger partial charge on any atom is 0.0541 e. The van der Waals surface area contributed by atoms with Crippen molar-refractivity contribution in [3.8, 4) is 50.2 Å². The van der Waals surface area contributed by atoms with E-state index in [0.29, 0.717) is 0 Å². The van der Waals surface area contributed by atoms with Crippen LogP contribution in [0.25, 0.3) is 72.0 Å². The molecule has 9 aromatic carbocycles. The van der Waals surface area contributed by atoms with Crippen molar-refractivity contribution >= 4 is 38.9 Å². The molecule has 0 radical (unpaired) electrons. The van der Waals surface area contributed by atoms with Crippen LogP contribution in [0.15, 0.2) is 231 Å². The molecule has 10 aromatic rings. The maximum atomic E-state index is 2.43. The van der Waals surface area contributed by atoms with E-state index in [2.05, 4.69) is 240 Å². The van der Waals surface area contributed by atoms with Crippen molar-refractivity contribution in [1.29, 1.82) is 0 Å². The lowest BCUT2D eigenvalue weighted by Crippen LogP contribution is -2.09. The average molecular weight is 715 g/mol. The Morgan fingerprint density at radius 3 is 1.23 bits per heavy atom. The quantitative estimate of drug-likeness (QED) is 0.152. The average Bonchev–Trinajstić information content (AvgIpc) is 3.62. The molecule has 0 saturated carbocycles. The van der Waals surface area contributed by atoms with Crippen LogP contribution in [0.1, 0.15) is 0 Å². The molecule has 1 heterocycles. The van der Waals surface area contributed by atoms with Gasteiger partial charge in [0.25, 0.3) is 0 Å². The molecule has 0 aliphatic carbocycles. The van der Waals surface area contributed by atoms with Crippen molar-refractivity contribution in [2.24, 2.45) is 0 Å². The highest BCUT2D eigenvalue weighted by Crippen LogP contribution is 2.39. The number of benzene rings is 9. The summed E-state index contributed by atoms with van der Waals surface area (Å²) in [5.74, 6) is 0. The van der Waals surface area contributed by atoms with Gasteiger partial charge in [-0.15, -0.1) is 0 Å². The van der Waals surface area contributed by atoms with Gasteiger partial charge in [0, 0.05) is 33.5 Å². The van der Waals surface area contributed by atoms with Gasteiger partial charge in [-0.25, -0.2) is 0 Å². The van der Waals surface area contributed by atoms with Crippen molar-refractivity contribution in [2.45, 2.75) is 0 Å². The van der Waals surface area contributed by atoms with Gasteiger partial charge in [-0.2, -0.15) is 0 Å². The first-order valence-electron chi connectivity index (χ1n) is 19.2. The van der Waals surface area contributed by atoms with Crippen molar-refractivity contribution in [3.63, 3.8) is 0 Å². The Labute approximate surface area is 327 Å². The van der Waals surface area contributed by atoms with Gasteiger partial charge in [0.2, 0.25) is 0 Å². The topological polar surface area (TPSA) is 8.17 Å². The minimum absolute atomic E-state index is 1.12. The Morgan fingerprint density at radius 1 is 0.250 bits per heavy atom. The van der Waals surface area contributed by atoms with Crippen LogP contribution < -0.4 is 4.90 Å². The van der Waals surface area contributed by atoms with Crippen molar-refractivity contribution in [3.05, 3.63) is 231 Å².